The Bertz CT molecular complexity index is 1720. The summed E-state index contributed by atoms with van der Waals surface area (Å²) in [5.74, 6) is 0.982. The topological polar surface area (TPSA) is 84.8 Å². The molecule has 5 rings (SSSR count). The number of carbonyl (C=O) groups is 1. The van der Waals surface area contributed by atoms with Gasteiger partial charge in [0.05, 0.1) is 22.1 Å². The fourth-order valence-corrected chi connectivity index (χ4v) is 5.83. The van der Waals surface area contributed by atoms with Crippen molar-refractivity contribution >= 4 is 72.8 Å². The van der Waals surface area contributed by atoms with Crippen molar-refractivity contribution in [1.82, 2.24) is 10.4 Å². The van der Waals surface area contributed by atoms with Crippen LogP contribution in [0.25, 0.3) is 11.3 Å². The molecule has 4 aromatic carbocycles. The maximum atomic E-state index is 12.7. The molecule has 0 aliphatic rings. The molecule has 0 saturated carbocycles. The molecule has 0 atom stereocenters. The first-order chi connectivity index (χ1) is 20.9. The van der Waals surface area contributed by atoms with E-state index >= 15 is 0 Å². The second-order valence-electron chi connectivity index (χ2n) is 9.48. The van der Waals surface area contributed by atoms with Crippen LogP contribution in [0.15, 0.2) is 99.9 Å². The minimum absolute atomic E-state index is 0.308. The molecule has 7 nitrogen and oxygen atoms in total. The van der Waals surface area contributed by atoms with Crippen molar-refractivity contribution in [3.05, 3.63) is 121 Å². The smallest absolute Gasteiger partial charge is 0.271 e. The number of hydrogen-bond acceptors (Lipinski definition) is 7. The first-order valence-electron chi connectivity index (χ1n) is 13.4. The molecule has 0 saturated heterocycles. The highest BCUT2D eigenvalue weighted by Gasteiger charge is 2.13. The van der Waals surface area contributed by atoms with Crippen LogP contribution in [0.5, 0.6) is 11.5 Å². The third-order valence-electron chi connectivity index (χ3n) is 6.26. The van der Waals surface area contributed by atoms with Crippen LogP contribution < -0.4 is 20.2 Å². The first-order valence-corrected chi connectivity index (χ1v) is 16.2. The summed E-state index contributed by atoms with van der Waals surface area (Å²) in [6.07, 6.45) is 1.59. The Labute approximate surface area is 276 Å². The van der Waals surface area contributed by atoms with Gasteiger partial charge in [0, 0.05) is 26.7 Å². The average molecular weight is 767 g/mol. The minimum Gasteiger partial charge on any atom is -0.490 e. The quantitative estimate of drug-likeness (QED) is 0.0797. The van der Waals surface area contributed by atoms with Gasteiger partial charge in [0.2, 0.25) is 0 Å². The number of halogens is 2. The van der Waals surface area contributed by atoms with E-state index in [1.54, 1.807) is 18.3 Å². The van der Waals surface area contributed by atoms with Crippen molar-refractivity contribution in [3.63, 3.8) is 0 Å². The van der Waals surface area contributed by atoms with Crippen LogP contribution in [-0.2, 0) is 6.61 Å². The third kappa shape index (κ3) is 8.43. The summed E-state index contributed by atoms with van der Waals surface area (Å²) in [6.45, 7) is 4.89. The predicted octanol–water partition coefficient (Wildman–Crippen LogP) is 8.97. The lowest BCUT2D eigenvalue weighted by Crippen LogP contribution is -2.17. The summed E-state index contributed by atoms with van der Waals surface area (Å²) in [5.41, 5.74) is 8.89. The zero-order chi connectivity index (χ0) is 30.2. The van der Waals surface area contributed by atoms with Crippen LogP contribution in [0.1, 0.15) is 34.0 Å². The van der Waals surface area contributed by atoms with Crippen LogP contribution in [0, 0.1) is 10.5 Å². The number of rotatable bonds is 11. The van der Waals surface area contributed by atoms with Crippen molar-refractivity contribution < 1.29 is 14.3 Å². The number of anilines is 2. The molecule has 0 aliphatic carbocycles. The van der Waals surface area contributed by atoms with Gasteiger partial charge in [-0.15, -0.1) is 11.3 Å². The van der Waals surface area contributed by atoms with Gasteiger partial charge in [0.1, 0.15) is 6.61 Å². The standard InChI is InChI=1S/C33H28BrIN4O3S/c1-3-41-30-17-23(16-28(35)31(30)42-19-22-6-12-26(34)13-7-22)18-36-39-32(40)25-10-8-24(9-11-25)29-20-43-33(38-29)37-27-14-4-21(2)5-15-27/h4-18,20H,3,19H2,1-2H3,(H,37,38)(H,39,40)/b36-18-. The lowest BCUT2D eigenvalue weighted by molar-refractivity contribution is 0.0955. The lowest BCUT2D eigenvalue weighted by atomic mass is 10.1. The van der Waals surface area contributed by atoms with Crippen LogP contribution >= 0.6 is 49.9 Å². The highest BCUT2D eigenvalue weighted by atomic mass is 127. The van der Waals surface area contributed by atoms with E-state index < -0.39 is 0 Å². The van der Waals surface area contributed by atoms with Gasteiger partial charge in [-0.3, -0.25) is 4.79 Å². The molecule has 0 aliphatic heterocycles. The number of hydrogen-bond donors (Lipinski definition) is 2. The van der Waals surface area contributed by atoms with Crippen LogP contribution in [0.4, 0.5) is 10.8 Å². The molecule has 218 valence electrons. The zero-order valence-electron chi connectivity index (χ0n) is 23.4. The summed E-state index contributed by atoms with van der Waals surface area (Å²) >= 11 is 7.20. The van der Waals surface area contributed by atoms with E-state index in [-0.39, 0.29) is 5.91 Å². The monoisotopic (exact) mass is 766 g/mol. The van der Waals surface area contributed by atoms with E-state index in [1.807, 2.05) is 73.0 Å². The molecule has 1 aromatic heterocycles. The number of nitrogens with zero attached hydrogens (tertiary/aromatic N) is 2. The first kappa shape index (κ1) is 30.7. The highest BCUT2D eigenvalue weighted by Crippen LogP contribution is 2.35. The largest absolute Gasteiger partial charge is 0.490 e. The Kier molecular flexibility index (Phi) is 10.4. The number of hydrazone groups is 1. The second-order valence-corrected chi connectivity index (χ2v) is 12.4. The molecule has 0 bridgehead atoms. The molecule has 0 unspecified atom stereocenters. The lowest BCUT2D eigenvalue weighted by Gasteiger charge is -2.15. The molecule has 1 amide bonds. The van der Waals surface area contributed by atoms with E-state index in [4.69, 9.17) is 9.47 Å². The molecule has 1 heterocycles. The number of carbonyl (C=O) groups excluding carboxylic acids is 1. The van der Waals surface area contributed by atoms with Gasteiger partial charge in [-0.2, -0.15) is 5.10 Å². The van der Waals surface area contributed by atoms with E-state index in [1.165, 1.54) is 16.9 Å². The van der Waals surface area contributed by atoms with Crippen molar-refractivity contribution in [3.8, 4) is 22.8 Å². The van der Waals surface area contributed by atoms with E-state index in [0.717, 1.165) is 41.2 Å². The van der Waals surface area contributed by atoms with E-state index in [9.17, 15) is 4.79 Å². The van der Waals surface area contributed by atoms with Crippen molar-refractivity contribution in [2.75, 3.05) is 11.9 Å². The predicted molar refractivity (Wildman–Crippen MR) is 186 cm³/mol. The number of amides is 1. The zero-order valence-corrected chi connectivity index (χ0v) is 28.0. The van der Waals surface area contributed by atoms with Crippen molar-refractivity contribution in [1.29, 1.82) is 0 Å². The number of thiazole rings is 1. The molecular formula is C33H28BrIN4O3S. The fraction of sp³-hybridized carbons (Fsp3) is 0.121. The maximum Gasteiger partial charge on any atom is 0.271 e. The maximum absolute atomic E-state index is 12.7. The second kappa shape index (κ2) is 14.6. The molecular weight excluding hydrogens is 739 g/mol. The van der Waals surface area contributed by atoms with E-state index in [2.05, 4.69) is 78.4 Å². The highest BCUT2D eigenvalue weighted by molar-refractivity contribution is 14.1. The van der Waals surface area contributed by atoms with Crippen LogP contribution in [-0.4, -0.2) is 23.7 Å². The molecule has 2 N–H and O–H groups in total. The van der Waals surface area contributed by atoms with Gasteiger partial charge in [-0.1, -0.05) is 57.9 Å². The number of benzene rings is 4. The molecule has 0 fully saturated rings. The number of aromatic nitrogens is 1. The molecule has 5 aromatic rings. The van der Waals surface area contributed by atoms with Crippen LogP contribution in [0.2, 0.25) is 0 Å². The molecule has 0 spiro atoms. The fourth-order valence-electron chi connectivity index (χ4n) is 4.05. The van der Waals surface area contributed by atoms with Gasteiger partial charge < -0.3 is 14.8 Å². The SMILES string of the molecule is CCOc1cc(/C=N\NC(=O)c2ccc(-c3csc(Nc4ccc(C)cc4)n3)cc2)cc(I)c1OCc1ccc(Br)cc1. The molecule has 10 heteroatoms. The molecule has 0 radical (unpaired) electrons. The average Bonchev–Trinajstić information content (AvgIpc) is 3.47. The van der Waals surface area contributed by atoms with Gasteiger partial charge in [0.25, 0.3) is 5.91 Å². The summed E-state index contributed by atoms with van der Waals surface area (Å²) in [4.78, 5) is 17.4. The summed E-state index contributed by atoms with van der Waals surface area (Å²) in [6, 6.07) is 27.2. The normalized spacial score (nSPS) is 11.0. The van der Waals surface area contributed by atoms with Gasteiger partial charge in [-0.25, -0.2) is 10.4 Å². The number of nitrogens with one attached hydrogen (secondary N) is 2. The minimum atomic E-state index is -0.308. The Morgan fingerprint density at radius 2 is 1.77 bits per heavy atom. The molecule has 43 heavy (non-hydrogen) atoms. The Morgan fingerprint density at radius 1 is 1.02 bits per heavy atom. The Morgan fingerprint density at radius 3 is 2.49 bits per heavy atom. The van der Waals surface area contributed by atoms with Crippen molar-refractivity contribution in [2.24, 2.45) is 5.10 Å². The Hall–Kier alpha value is -3.74. The van der Waals surface area contributed by atoms with Gasteiger partial charge in [-0.05, 0) is 96.1 Å². The van der Waals surface area contributed by atoms with Gasteiger partial charge in [0.15, 0.2) is 16.6 Å². The summed E-state index contributed by atoms with van der Waals surface area (Å²) in [7, 11) is 0. The summed E-state index contributed by atoms with van der Waals surface area (Å²) < 4.78 is 13.9. The van der Waals surface area contributed by atoms with Gasteiger partial charge >= 0.3 is 0 Å². The van der Waals surface area contributed by atoms with E-state index in [0.29, 0.717) is 30.3 Å². The van der Waals surface area contributed by atoms with Crippen LogP contribution in [0.3, 0.4) is 0 Å². The number of ether oxygens (including phenoxy) is 2. The van der Waals surface area contributed by atoms with Crippen molar-refractivity contribution in [2.45, 2.75) is 20.5 Å². The third-order valence-corrected chi connectivity index (χ3v) is 8.35. The number of aryl methyl sites for hydroxylation is 1. The summed E-state index contributed by atoms with van der Waals surface area (Å²) in [5, 5.41) is 10.3. The Balaban J connectivity index is 1.19.